The van der Waals surface area contributed by atoms with Crippen LogP contribution in [0.15, 0.2) is 18.3 Å². The van der Waals surface area contributed by atoms with Crippen molar-refractivity contribution in [1.29, 1.82) is 0 Å². The zero-order valence-corrected chi connectivity index (χ0v) is 3.97. The Morgan fingerprint density at radius 1 is 1.50 bits per heavy atom. The Morgan fingerprint density at radius 2 is 2.25 bits per heavy atom. The van der Waals surface area contributed by atoms with Crippen LogP contribution in [0.2, 0.25) is 0 Å². The van der Waals surface area contributed by atoms with Gasteiger partial charge >= 0.3 is 0 Å². The summed E-state index contributed by atoms with van der Waals surface area (Å²) < 4.78 is 11.8. The predicted molar refractivity (Wildman–Crippen MR) is 24.3 cm³/mol. The zero-order valence-electron chi connectivity index (χ0n) is 3.97. The maximum absolute atomic E-state index is 11.8. The average Bonchev–Trinajstić information content (AvgIpc) is 1.77. The monoisotopic (exact) mass is 112 g/mol. The van der Waals surface area contributed by atoms with E-state index in [2.05, 4.69) is 4.98 Å². The lowest BCUT2D eigenvalue weighted by atomic mass is 10.5. The van der Waals surface area contributed by atoms with E-state index in [0.717, 1.165) is 18.3 Å². The van der Waals surface area contributed by atoms with E-state index in [1.165, 1.54) is 0 Å². The number of hydrogen-bond acceptors (Lipinski definition) is 1. The number of aromatic nitrogens is 1. The van der Waals surface area contributed by atoms with Crippen LogP contribution in [0.4, 0.5) is 4.39 Å². The normalized spacial score (nSPS) is 9.12. The summed E-state index contributed by atoms with van der Waals surface area (Å²) in [4.78, 5) is 3.10. The van der Waals surface area contributed by atoms with Gasteiger partial charge in [0.25, 0.3) is 0 Å². The van der Waals surface area contributed by atoms with Gasteiger partial charge in [-0.25, -0.2) is 4.98 Å². The number of pyridine rings is 1. The van der Waals surface area contributed by atoms with Crippen LogP contribution in [0.5, 0.6) is 5.75 Å². The molecule has 1 heterocycles. The number of nitrogens with zero attached hydrogens (tertiary/aromatic N) is 1. The first kappa shape index (κ1) is 5.03. The Kier molecular flexibility index (Phi) is 1.12. The summed E-state index contributed by atoms with van der Waals surface area (Å²) in [5, 5.41) is 10.2. The second-order valence-corrected chi connectivity index (χ2v) is 1.32. The molecule has 1 aromatic heterocycles. The van der Waals surface area contributed by atoms with Gasteiger partial charge in [0.1, 0.15) is 0 Å². The topological polar surface area (TPSA) is 32.8 Å². The van der Waals surface area contributed by atoms with Crippen LogP contribution in [0, 0.1) is 5.95 Å². The Morgan fingerprint density at radius 3 is 2.62 bits per heavy atom. The molecule has 0 atom stereocenters. The highest BCUT2D eigenvalue weighted by Gasteiger charge is 1.89. The van der Waals surface area contributed by atoms with E-state index in [1.807, 2.05) is 0 Å². The summed E-state index contributed by atoms with van der Waals surface area (Å²) in [5.74, 6) is -0.893. The molecule has 0 bridgehead atoms. The molecular formula is C5H3FNO. The molecule has 0 spiro atoms. The molecule has 0 aliphatic rings. The summed E-state index contributed by atoms with van der Waals surface area (Å²) >= 11 is 0. The van der Waals surface area contributed by atoms with E-state index < -0.39 is 5.95 Å². The summed E-state index contributed by atoms with van der Waals surface area (Å²) in [6.07, 6.45) is 0.940. The van der Waals surface area contributed by atoms with Crippen LogP contribution in [0.3, 0.4) is 0 Å². The molecule has 1 radical (unpaired) electrons. The molecule has 0 fully saturated rings. The number of halogens is 1. The van der Waals surface area contributed by atoms with Crippen LogP contribution < -0.4 is 0 Å². The van der Waals surface area contributed by atoms with Crippen molar-refractivity contribution in [1.82, 2.24) is 4.98 Å². The minimum absolute atomic E-state index is 0.272. The van der Waals surface area contributed by atoms with Gasteiger partial charge in [-0.15, -0.1) is 0 Å². The van der Waals surface area contributed by atoms with Crippen LogP contribution >= 0.6 is 0 Å². The SMILES string of the molecule is [O]c1ccc(F)nc1. The summed E-state index contributed by atoms with van der Waals surface area (Å²) in [6, 6.07) is 2.16. The van der Waals surface area contributed by atoms with E-state index in [0.29, 0.717) is 0 Å². The molecule has 0 aliphatic heterocycles. The molecule has 0 saturated carbocycles. The molecule has 1 aromatic rings. The lowest BCUT2D eigenvalue weighted by Gasteiger charge is -1.82. The molecule has 0 saturated heterocycles. The van der Waals surface area contributed by atoms with Gasteiger partial charge in [0.2, 0.25) is 5.95 Å². The van der Waals surface area contributed by atoms with Gasteiger partial charge in [-0.3, -0.25) is 5.11 Å². The molecule has 1 rings (SSSR count). The van der Waals surface area contributed by atoms with Crippen molar-refractivity contribution in [3.05, 3.63) is 24.3 Å². The van der Waals surface area contributed by atoms with Crippen molar-refractivity contribution >= 4 is 0 Å². The molecule has 41 valence electrons. The molecule has 3 heteroatoms. The number of hydrogen-bond donors (Lipinski definition) is 0. The fourth-order valence-electron chi connectivity index (χ4n) is 0.362. The predicted octanol–water partition coefficient (Wildman–Crippen LogP) is 1.36. The molecule has 2 nitrogen and oxygen atoms in total. The first-order chi connectivity index (χ1) is 3.79. The van der Waals surface area contributed by atoms with Gasteiger partial charge in [0.15, 0.2) is 5.75 Å². The standard InChI is InChI=1S/C5H3FNO/c6-5-2-1-4(8)3-7-5/h1-3H. The lowest BCUT2D eigenvalue weighted by Crippen LogP contribution is -1.75. The fraction of sp³-hybridized carbons (Fsp3) is 0. The fourth-order valence-corrected chi connectivity index (χ4v) is 0.362. The Balaban J connectivity index is 3.03. The van der Waals surface area contributed by atoms with Gasteiger partial charge in [-0.1, -0.05) is 0 Å². The molecular weight excluding hydrogens is 109 g/mol. The first-order valence-corrected chi connectivity index (χ1v) is 2.07. The van der Waals surface area contributed by atoms with E-state index in [-0.39, 0.29) is 5.75 Å². The third-order valence-corrected chi connectivity index (χ3v) is 0.700. The van der Waals surface area contributed by atoms with Gasteiger partial charge < -0.3 is 0 Å². The van der Waals surface area contributed by atoms with Crippen molar-refractivity contribution in [2.24, 2.45) is 0 Å². The van der Waals surface area contributed by atoms with E-state index in [1.54, 1.807) is 0 Å². The van der Waals surface area contributed by atoms with Crippen LogP contribution in [0.25, 0.3) is 0 Å². The smallest absolute Gasteiger partial charge is 0.213 e. The molecule has 8 heavy (non-hydrogen) atoms. The van der Waals surface area contributed by atoms with Crippen LogP contribution in [-0.4, -0.2) is 4.98 Å². The first-order valence-electron chi connectivity index (χ1n) is 2.07. The van der Waals surface area contributed by atoms with Crippen molar-refractivity contribution in [3.8, 4) is 5.75 Å². The highest BCUT2D eigenvalue weighted by Crippen LogP contribution is 2.04. The summed E-state index contributed by atoms with van der Waals surface area (Å²) in [7, 11) is 0. The second-order valence-electron chi connectivity index (χ2n) is 1.32. The quantitative estimate of drug-likeness (QED) is 0.466. The Bertz CT molecular complexity index is 151. The minimum Gasteiger partial charge on any atom is -0.288 e. The van der Waals surface area contributed by atoms with Crippen LogP contribution in [-0.2, 0) is 5.11 Å². The average molecular weight is 112 g/mol. The van der Waals surface area contributed by atoms with Crippen molar-refractivity contribution in [2.45, 2.75) is 0 Å². The highest BCUT2D eigenvalue weighted by atomic mass is 19.1. The zero-order chi connectivity index (χ0) is 5.98. The Labute approximate surface area is 45.6 Å². The summed E-state index contributed by atoms with van der Waals surface area (Å²) in [6.45, 7) is 0. The van der Waals surface area contributed by atoms with Gasteiger partial charge in [-0.05, 0) is 12.1 Å². The minimum atomic E-state index is -0.621. The molecule has 0 aromatic carbocycles. The third-order valence-electron chi connectivity index (χ3n) is 0.700. The molecule has 0 unspecified atom stereocenters. The van der Waals surface area contributed by atoms with E-state index in [9.17, 15) is 9.50 Å². The Hall–Kier alpha value is -1.12. The lowest BCUT2D eigenvalue weighted by molar-refractivity contribution is 0.351. The largest absolute Gasteiger partial charge is 0.288 e. The third kappa shape index (κ3) is 0.932. The molecule has 0 aliphatic carbocycles. The maximum Gasteiger partial charge on any atom is 0.213 e. The van der Waals surface area contributed by atoms with E-state index in [4.69, 9.17) is 0 Å². The van der Waals surface area contributed by atoms with Gasteiger partial charge in [0.05, 0.1) is 6.20 Å². The second kappa shape index (κ2) is 1.78. The van der Waals surface area contributed by atoms with Gasteiger partial charge in [0, 0.05) is 0 Å². The van der Waals surface area contributed by atoms with Crippen molar-refractivity contribution < 1.29 is 9.50 Å². The molecule has 0 N–H and O–H groups in total. The molecule has 0 amide bonds. The maximum atomic E-state index is 11.8. The van der Waals surface area contributed by atoms with Crippen molar-refractivity contribution in [2.75, 3.05) is 0 Å². The highest BCUT2D eigenvalue weighted by molar-refractivity contribution is 5.12. The van der Waals surface area contributed by atoms with E-state index >= 15 is 0 Å². The van der Waals surface area contributed by atoms with Gasteiger partial charge in [-0.2, -0.15) is 4.39 Å². The summed E-state index contributed by atoms with van der Waals surface area (Å²) in [5.41, 5.74) is 0. The van der Waals surface area contributed by atoms with Crippen LogP contribution in [0.1, 0.15) is 0 Å². The number of rotatable bonds is 0. The van der Waals surface area contributed by atoms with Crippen molar-refractivity contribution in [3.63, 3.8) is 0 Å².